The number of aryl methyl sites for hydroxylation is 1. The molecule has 0 saturated carbocycles. The maximum absolute atomic E-state index is 13.3. The highest BCUT2D eigenvalue weighted by atomic mass is 35.5. The largest absolute Gasteiger partial charge is 0.496 e. The number of carbonyl (C=O) groups excluding carboxylic acids is 1. The Morgan fingerprint density at radius 3 is 2.35 bits per heavy atom. The minimum atomic E-state index is 0.00548. The third-order valence-corrected chi connectivity index (χ3v) is 6.47. The summed E-state index contributed by atoms with van der Waals surface area (Å²) in [6.07, 6.45) is 0. The lowest BCUT2D eigenvalue weighted by Gasteiger charge is -2.36. The summed E-state index contributed by atoms with van der Waals surface area (Å²) in [5.74, 6) is 2.25. The average molecular weight is 481 g/mol. The van der Waals surface area contributed by atoms with Crippen LogP contribution in [0, 0.1) is 6.92 Å². The summed E-state index contributed by atoms with van der Waals surface area (Å²) in [6, 6.07) is 19.0. The number of hydrogen-bond acceptors (Lipinski definition) is 5. The molecule has 0 bridgehead atoms. The Labute approximate surface area is 205 Å². The van der Waals surface area contributed by atoms with E-state index in [1.165, 1.54) is 0 Å². The fraction of sp³-hybridized carbons (Fsp3) is 0.296. The molecule has 1 aliphatic rings. The van der Waals surface area contributed by atoms with Gasteiger partial charge in [-0.1, -0.05) is 23.7 Å². The van der Waals surface area contributed by atoms with Crippen LogP contribution in [0.3, 0.4) is 0 Å². The molecule has 3 aromatic rings. The van der Waals surface area contributed by atoms with Crippen LogP contribution >= 0.6 is 11.6 Å². The van der Waals surface area contributed by atoms with Crippen molar-refractivity contribution in [3.8, 4) is 17.2 Å². The van der Waals surface area contributed by atoms with E-state index in [0.29, 0.717) is 35.2 Å². The molecule has 0 spiro atoms. The molecule has 1 fully saturated rings. The molecule has 0 aromatic heterocycles. The molecule has 6 nitrogen and oxygen atoms in total. The molecule has 0 aliphatic carbocycles. The van der Waals surface area contributed by atoms with Crippen LogP contribution < -0.4 is 19.1 Å². The van der Waals surface area contributed by atoms with Gasteiger partial charge in [0, 0.05) is 42.3 Å². The molecule has 34 heavy (non-hydrogen) atoms. The lowest BCUT2D eigenvalue weighted by Crippen LogP contribution is -2.48. The first-order valence-corrected chi connectivity index (χ1v) is 11.6. The molecule has 1 heterocycles. The standard InChI is InChI=1S/C27H29ClN2O4/c1-19-16-22(9-10-23(19)28)34-18-21-17-20(8-11-25(21)32-2)27(31)30-14-12-29(13-15-30)24-6-4-5-7-26(24)33-3/h4-11,16-17H,12-15,18H2,1-3H3. The summed E-state index contributed by atoms with van der Waals surface area (Å²) in [5.41, 5.74) is 3.44. The lowest BCUT2D eigenvalue weighted by molar-refractivity contribution is 0.0746. The maximum atomic E-state index is 13.3. The minimum Gasteiger partial charge on any atom is -0.496 e. The van der Waals surface area contributed by atoms with Crippen molar-refractivity contribution in [2.45, 2.75) is 13.5 Å². The molecule has 0 atom stereocenters. The third-order valence-electron chi connectivity index (χ3n) is 6.04. The van der Waals surface area contributed by atoms with Crippen molar-refractivity contribution in [3.05, 3.63) is 82.4 Å². The van der Waals surface area contributed by atoms with Crippen molar-refractivity contribution in [3.63, 3.8) is 0 Å². The molecule has 3 aromatic carbocycles. The van der Waals surface area contributed by atoms with Gasteiger partial charge in [-0.2, -0.15) is 0 Å². The first-order chi connectivity index (χ1) is 16.5. The van der Waals surface area contributed by atoms with Gasteiger partial charge in [0.15, 0.2) is 0 Å². The molecular weight excluding hydrogens is 452 g/mol. The summed E-state index contributed by atoms with van der Waals surface area (Å²) in [4.78, 5) is 17.4. The topological polar surface area (TPSA) is 51.2 Å². The molecule has 0 unspecified atom stereocenters. The number of para-hydroxylation sites is 2. The summed E-state index contributed by atoms with van der Waals surface area (Å²) in [6.45, 7) is 4.98. The molecule has 4 rings (SSSR count). The van der Waals surface area contributed by atoms with E-state index in [2.05, 4.69) is 4.90 Å². The molecule has 7 heteroatoms. The normalized spacial score (nSPS) is 13.5. The zero-order valence-electron chi connectivity index (χ0n) is 19.7. The van der Waals surface area contributed by atoms with Crippen LogP contribution in [0.2, 0.25) is 5.02 Å². The van der Waals surface area contributed by atoms with Crippen LogP contribution in [0.15, 0.2) is 60.7 Å². The van der Waals surface area contributed by atoms with E-state index in [1.807, 2.05) is 72.5 Å². The number of halogens is 1. The van der Waals surface area contributed by atoms with Gasteiger partial charge in [0.1, 0.15) is 23.9 Å². The maximum Gasteiger partial charge on any atom is 0.253 e. The number of amides is 1. The van der Waals surface area contributed by atoms with E-state index in [9.17, 15) is 4.79 Å². The van der Waals surface area contributed by atoms with Crippen LogP contribution in [0.25, 0.3) is 0 Å². The first kappa shape index (κ1) is 23.8. The highest BCUT2D eigenvalue weighted by molar-refractivity contribution is 6.31. The van der Waals surface area contributed by atoms with Gasteiger partial charge < -0.3 is 24.0 Å². The fourth-order valence-electron chi connectivity index (χ4n) is 4.12. The number of methoxy groups -OCH3 is 2. The molecular formula is C27H29ClN2O4. The SMILES string of the molecule is COc1ccc(C(=O)N2CCN(c3ccccc3OC)CC2)cc1COc1ccc(Cl)c(C)c1. The van der Waals surface area contributed by atoms with Crippen molar-refractivity contribution < 1.29 is 19.0 Å². The zero-order chi connectivity index (χ0) is 24.1. The average Bonchev–Trinajstić information content (AvgIpc) is 2.88. The van der Waals surface area contributed by atoms with E-state index in [0.717, 1.165) is 35.7 Å². The number of carbonyl (C=O) groups is 1. The summed E-state index contributed by atoms with van der Waals surface area (Å²) in [5, 5.41) is 0.698. The number of piperazine rings is 1. The Hall–Kier alpha value is -3.38. The van der Waals surface area contributed by atoms with Gasteiger partial charge in [-0.3, -0.25) is 4.79 Å². The van der Waals surface area contributed by atoms with Gasteiger partial charge >= 0.3 is 0 Å². The Morgan fingerprint density at radius 1 is 0.912 bits per heavy atom. The van der Waals surface area contributed by atoms with Crippen molar-refractivity contribution in [2.24, 2.45) is 0 Å². The summed E-state index contributed by atoms with van der Waals surface area (Å²) in [7, 11) is 3.29. The van der Waals surface area contributed by atoms with Crippen LogP contribution in [-0.2, 0) is 6.61 Å². The van der Waals surface area contributed by atoms with Gasteiger partial charge in [0.05, 0.1) is 19.9 Å². The highest BCUT2D eigenvalue weighted by Gasteiger charge is 2.24. The number of ether oxygens (including phenoxy) is 3. The second kappa shape index (κ2) is 10.7. The van der Waals surface area contributed by atoms with E-state index in [4.69, 9.17) is 25.8 Å². The van der Waals surface area contributed by atoms with Crippen LogP contribution in [0.5, 0.6) is 17.2 Å². The quantitative estimate of drug-likeness (QED) is 0.465. The van der Waals surface area contributed by atoms with Gasteiger partial charge in [-0.15, -0.1) is 0 Å². The summed E-state index contributed by atoms with van der Waals surface area (Å²) < 4.78 is 16.9. The second-order valence-corrected chi connectivity index (χ2v) is 8.58. The van der Waals surface area contributed by atoms with Gasteiger partial charge in [0.2, 0.25) is 0 Å². The number of anilines is 1. The molecule has 178 valence electrons. The molecule has 0 N–H and O–H groups in total. The first-order valence-electron chi connectivity index (χ1n) is 11.2. The number of hydrogen-bond donors (Lipinski definition) is 0. The predicted octanol–water partition coefficient (Wildman–Crippen LogP) is 5.21. The van der Waals surface area contributed by atoms with Gasteiger partial charge in [-0.05, 0) is 61.0 Å². The molecule has 0 radical (unpaired) electrons. The Balaban J connectivity index is 1.43. The smallest absolute Gasteiger partial charge is 0.253 e. The lowest BCUT2D eigenvalue weighted by atomic mass is 10.1. The minimum absolute atomic E-state index is 0.00548. The fourth-order valence-corrected chi connectivity index (χ4v) is 4.23. The molecule has 1 aliphatic heterocycles. The Morgan fingerprint density at radius 2 is 1.65 bits per heavy atom. The Kier molecular flexibility index (Phi) is 7.48. The van der Waals surface area contributed by atoms with Crippen molar-refractivity contribution in [1.29, 1.82) is 0 Å². The Bertz CT molecular complexity index is 1160. The highest BCUT2D eigenvalue weighted by Crippen LogP contribution is 2.29. The van der Waals surface area contributed by atoms with Crippen molar-refractivity contribution in [1.82, 2.24) is 4.90 Å². The molecule has 1 saturated heterocycles. The number of rotatable bonds is 7. The second-order valence-electron chi connectivity index (χ2n) is 8.18. The van der Waals surface area contributed by atoms with Crippen molar-refractivity contribution in [2.75, 3.05) is 45.3 Å². The van der Waals surface area contributed by atoms with E-state index >= 15 is 0 Å². The van der Waals surface area contributed by atoms with Crippen LogP contribution in [-0.4, -0.2) is 51.2 Å². The molecule has 1 amide bonds. The predicted molar refractivity (Wildman–Crippen MR) is 135 cm³/mol. The third kappa shape index (κ3) is 5.23. The van der Waals surface area contributed by atoms with Crippen LogP contribution in [0.1, 0.15) is 21.5 Å². The van der Waals surface area contributed by atoms with Crippen molar-refractivity contribution >= 4 is 23.2 Å². The monoisotopic (exact) mass is 480 g/mol. The van der Waals surface area contributed by atoms with E-state index in [1.54, 1.807) is 14.2 Å². The van der Waals surface area contributed by atoms with E-state index in [-0.39, 0.29) is 12.5 Å². The number of benzene rings is 3. The number of nitrogens with zero attached hydrogens (tertiary/aromatic N) is 2. The summed E-state index contributed by atoms with van der Waals surface area (Å²) >= 11 is 6.11. The van der Waals surface area contributed by atoms with Gasteiger partial charge in [-0.25, -0.2) is 0 Å². The zero-order valence-corrected chi connectivity index (χ0v) is 20.5. The van der Waals surface area contributed by atoms with E-state index < -0.39 is 0 Å². The van der Waals surface area contributed by atoms with Gasteiger partial charge in [0.25, 0.3) is 5.91 Å². The van der Waals surface area contributed by atoms with Crippen LogP contribution in [0.4, 0.5) is 5.69 Å².